The molecular formula is C56H85N7O12. The second-order valence-electron chi connectivity index (χ2n) is 21.6. The minimum Gasteiger partial charge on any atom is -0.497 e. The molecule has 416 valence electrons. The van der Waals surface area contributed by atoms with Crippen LogP contribution in [0.3, 0.4) is 0 Å². The summed E-state index contributed by atoms with van der Waals surface area (Å²) in [5.41, 5.74) is 1.45. The number of ether oxygens (including phenoxy) is 3. The number of aliphatic hydroxyl groups is 1. The largest absolute Gasteiger partial charge is 0.497 e. The molecule has 2 aromatic carbocycles. The summed E-state index contributed by atoms with van der Waals surface area (Å²) in [5.74, 6) is -6.62. The van der Waals surface area contributed by atoms with Crippen molar-refractivity contribution in [2.75, 3.05) is 27.7 Å². The van der Waals surface area contributed by atoms with Crippen LogP contribution in [0, 0.1) is 29.6 Å². The molecule has 2 saturated heterocycles. The number of methoxy groups -OCH3 is 1. The fourth-order valence-electron chi connectivity index (χ4n) is 9.66. The molecule has 11 atom stereocenters. The van der Waals surface area contributed by atoms with E-state index in [1.807, 2.05) is 52.8 Å². The van der Waals surface area contributed by atoms with Gasteiger partial charge in [-0.1, -0.05) is 104 Å². The summed E-state index contributed by atoms with van der Waals surface area (Å²) in [6.07, 6.45) is -3.03. The van der Waals surface area contributed by atoms with Crippen LogP contribution >= 0.6 is 0 Å². The Balaban J connectivity index is 1.86. The third-order valence-corrected chi connectivity index (χ3v) is 14.4. The maximum atomic E-state index is 15.0. The topological polar surface area (TPSA) is 242 Å². The zero-order valence-corrected chi connectivity index (χ0v) is 46.4. The monoisotopic (exact) mass is 1050 g/mol. The van der Waals surface area contributed by atoms with Crippen LogP contribution in [-0.2, 0) is 56.1 Å². The van der Waals surface area contributed by atoms with Crippen LogP contribution in [0.5, 0.6) is 5.75 Å². The van der Waals surface area contributed by atoms with Gasteiger partial charge in [0.05, 0.1) is 43.8 Å². The van der Waals surface area contributed by atoms with Gasteiger partial charge in [-0.25, -0.2) is 4.79 Å². The molecule has 2 aliphatic heterocycles. The molecule has 0 spiro atoms. The summed E-state index contributed by atoms with van der Waals surface area (Å²) in [6, 6.07) is 8.97. The highest BCUT2D eigenvalue weighted by Gasteiger charge is 2.44. The number of cyclic esters (lactones) is 1. The number of ketones is 1. The molecule has 0 aliphatic carbocycles. The third-order valence-electron chi connectivity index (χ3n) is 14.4. The van der Waals surface area contributed by atoms with Crippen molar-refractivity contribution in [3.63, 3.8) is 0 Å². The van der Waals surface area contributed by atoms with E-state index in [1.54, 1.807) is 74.0 Å². The quantitative estimate of drug-likeness (QED) is 0.120. The van der Waals surface area contributed by atoms with Crippen LogP contribution < -0.4 is 26.0 Å². The van der Waals surface area contributed by atoms with E-state index in [2.05, 4.69) is 21.3 Å². The molecule has 0 aromatic heterocycles. The second kappa shape index (κ2) is 28.7. The maximum Gasteiger partial charge on any atom is 0.410 e. The standard InChI is InChI=1S/C56H85N7O12/c1-14-35(8)48-44(64)30-45(65)58-47(34(6)7)50(66)36(9)51(67)57-41(27-32(2)3)54(70)63-26-18-21-46(63)61(11)43(29-38-22-24-40(73-13)25-23-38)55(71)75-37(10)49(53(69)59-48)60-52(68)42(28-33(4)5)62(12)56(72)74-31-39-19-16-15-17-20-39/h15-17,19-20,22-25,32-37,41-44,46-49,64H,14,18,21,26-31H2,1-13H3,(H,57,67)(H,58,65)(H,59,69)(H,60,68)/t35-,36-,37+,41-,42+,43-,44-,46-,47-,48+,49-/m0/s1. The Labute approximate surface area is 443 Å². The SMILES string of the molecule is CC[C@H](C)[C@H]1NC(=O)[C@@H](NC(=O)[C@@H](CC(C)C)N(C)C(=O)OCc2ccccc2)[C@@H](C)OC(=O)[C@H](Cc2ccc(OC)cc2)N(C)[C@@H]2CCCN2C(=O)[C@H](CC(C)C)NC(=O)[C@@H](C)C(=O)[C@H](C(C)C)NC(=O)C[C@@H]1O. The van der Waals surface area contributed by atoms with Crippen LogP contribution in [0.2, 0.25) is 0 Å². The second-order valence-corrected chi connectivity index (χ2v) is 21.6. The van der Waals surface area contributed by atoms with Crippen LogP contribution in [0.1, 0.15) is 119 Å². The highest BCUT2D eigenvalue weighted by atomic mass is 16.6. The van der Waals surface area contributed by atoms with Crippen molar-refractivity contribution in [3.05, 3.63) is 65.7 Å². The van der Waals surface area contributed by atoms with Crippen LogP contribution in [0.4, 0.5) is 4.79 Å². The zero-order chi connectivity index (χ0) is 55.8. The van der Waals surface area contributed by atoms with Gasteiger partial charge in [0.1, 0.15) is 42.6 Å². The van der Waals surface area contributed by atoms with E-state index in [-0.39, 0.29) is 37.7 Å². The molecule has 0 bridgehead atoms. The molecule has 0 saturated carbocycles. The lowest BCUT2D eigenvalue weighted by Crippen LogP contribution is -2.62. The first-order valence-electron chi connectivity index (χ1n) is 26.6. The number of hydrogen-bond acceptors (Lipinski definition) is 13. The average molecular weight is 1050 g/mol. The first kappa shape index (κ1) is 61.5. The zero-order valence-electron chi connectivity index (χ0n) is 46.4. The molecule has 75 heavy (non-hydrogen) atoms. The molecule has 0 radical (unpaired) electrons. The summed E-state index contributed by atoms with van der Waals surface area (Å²) in [6.45, 7) is 17.7. The first-order chi connectivity index (χ1) is 35.4. The minimum absolute atomic E-state index is 0.0586. The van der Waals surface area contributed by atoms with Crippen LogP contribution in [-0.4, -0.2) is 150 Å². The smallest absolute Gasteiger partial charge is 0.410 e. The van der Waals surface area contributed by atoms with Gasteiger partial charge in [0.25, 0.3) is 0 Å². The Morgan fingerprint density at radius 3 is 2.12 bits per heavy atom. The molecule has 5 N–H and O–H groups in total. The summed E-state index contributed by atoms with van der Waals surface area (Å²) in [5, 5.41) is 23.1. The number of nitrogens with zero attached hydrogens (tertiary/aromatic N) is 3. The lowest BCUT2D eigenvalue weighted by Gasteiger charge is -2.39. The molecule has 4 rings (SSSR count). The number of Topliss-reactive ketones (excluding diaryl/α,β-unsaturated/α-hetero) is 1. The maximum absolute atomic E-state index is 15.0. The van der Waals surface area contributed by atoms with Crippen molar-refractivity contribution in [1.82, 2.24) is 36.0 Å². The number of carbonyl (C=O) groups is 8. The number of nitrogens with one attached hydrogen (secondary N) is 4. The normalized spacial score (nSPS) is 26.0. The third kappa shape index (κ3) is 17.2. The van der Waals surface area contributed by atoms with Gasteiger partial charge in [-0.3, -0.25) is 43.4 Å². The Morgan fingerprint density at radius 1 is 0.880 bits per heavy atom. The van der Waals surface area contributed by atoms with Gasteiger partial charge in [0, 0.05) is 13.6 Å². The van der Waals surface area contributed by atoms with Crippen molar-refractivity contribution in [1.29, 1.82) is 0 Å². The minimum atomic E-state index is -1.63. The summed E-state index contributed by atoms with van der Waals surface area (Å²) < 4.78 is 17.3. The van der Waals surface area contributed by atoms with Gasteiger partial charge in [-0.15, -0.1) is 0 Å². The summed E-state index contributed by atoms with van der Waals surface area (Å²) in [7, 11) is 4.67. The lowest BCUT2D eigenvalue weighted by molar-refractivity contribution is -0.161. The van der Waals surface area contributed by atoms with Crippen molar-refractivity contribution in [2.45, 2.75) is 175 Å². The van der Waals surface area contributed by atoms with Gasteiger partial charge in [-0.05, 0) is 99.9 Å². The van der Waals surface area contributed by atoms with Gasteiger partial charge in [-0.2, -0.15) is 0 Å². The summed E-state index contributed by atoms with van der Waals surface area (Å²) in [4.78, 5) is 120. The van der Waals surface area contributed by atoms with E-state index in [1.165, 1.54) is 28.0 Å². The average Bonchev–Trinajstić information content (AvgIpc) is 3.87. The number of likely N-dealkylation sites (N-methyl/N-ethyl adjacent to an activating group) is 2. The summed E-state index contributed by atoms with van der Waals surface area (Å²) >= 11 is 0. The number of aliphatic hydroxyl groups excluding tert-OH is 1. The highest BCUT2D eigenvalue weighted by Crippen LogP contribution is 2.27. The van der Waals surface area contributed by atoms with Gasteiger partial charge in [0.2, 0.25) is 29.5 Å². The van der Waals surface area contributed by atoms with E-state index in [0.717, 1.165) is 10.5 Å². The number of carbonyl (C=O) groups excluding carboxylic acids is 8. The van der Waals surface area contributed by atoms with Gasteiger partial charge < -0.3 is 45.5 Å². The lowest BCUT2D eigenvalue weighted by atomic mass is 9.89. The fourth-order valence-corrected chi connectivity index (χ4v) is 9.66. The molecule has 2 aliphatic rings. The van der Waals surface area contributed by atoms with Crippen molar-refractivity contribution in [2.24, 2.45) is 29.6 Å². The Bertz CT molecular complexity index is 2240. The molecule has 19 heteroatoms. The number of esters is 1. The van der Waals surface area contributed by atoms with E-state index in [9.17, 15) is 38.7 Å². The number of rotatable bonds is 15. The van der Waals surface area contributed by atoms with Crippen LogP contribution in [0.15, 0.2) is 54.6 Å². The Hall–Kier alpha value is -6.08. The van der Waals surface area contributed by atoms with Gasteiger partial charge >= 0.3 is 12.1 Å². The molecule has 2 aromatic rings. The molecule has 2 fully saturated rings. The molecular weight excluding hydrogens is 963 g/mol. The van der Waals surface area contributed by atoms with Gasteiger partial charge in [0.15, 0.2) is 5.78 Å². The van der Waals surface area contributed by atoms with Crippen molar-refractivity contribution >= 4 is 47.4 Å². The van der Waals surface area contributed by atoms with E-state index in [0.29, 0.717) is 37.1 Å². The predicted octanol–water partition coefficient (Wildman–Crippen LogP) is 4.76. The molecule has 6 amide bonds. The number of hydrogen-bond donors (Lipinski definition) is 5. The number of benzene rings is 2. The first-order valence-corrected chi connectivity index (χ1v) is 26.6. The Kier molecular flexibility index (Phi) is 23.5. The van der Waals surface area contributed by atoms with E-state index in [4.69, 9.17) is 14.2 Å². The predicted molar refractivity (Wildman–Crippen MR) is 282 cm³/mol. The highest BCUT2D eigenvalue weighted by molar-refractivity contribution is 6.05. The van der Waals surface area contributed by atoms with Crippen molar-refractivity contribution < 1.29 is 57.7 Å². The Morgan fingerprint density at radius 2 is 1.53 bits per heavy atom. The van der Waals surface area contributed by atoms with E-state index >= 15 is 4.79 Å². The fraction of sp³-hybridized carbons (Fsp3) is 0.643. The number of fused-ring (bicyclic) bond motifs is 1. The molecule has 19 nitrogen and oxygen atoms in total. The van der Waals surface area contributed by atoms with Crippen molar-refractivity contribution in [3.8, 4) is 5.75 Å². The molecule has 2 heterocycles. The molecule has 0 unspecified atom stereocenters. The van der Waals surface area contributed by atoms with Crippen LogP contribution in [0.25, 0.3) is 0 Å². The van der Waals surface area contributed by atoms with E-state index < -0.39 is 126 Å². The number of amides is 6.